The van der Waals surface area contributed by atoms with E-state index in [1.54, 1.807) is 24.3 Å². The Balaban J connectivity index is 1.85. The predicted molar refractivity (Wildman–Crippen MR) is 71.4 cm³/mol. The average Bonchev–Trinajstić information content (AvgIpc) is 2.32. The van der Waals surface area contributed by atoms with Gasteiger partial charge in [-0.1, -0.05) is 28.1 Å². The van der Waals surface area contributed by atoms with Gasteiger partial charge in [-0.3, -0.25) is 0 Å². The monoisotopic (exact) mass is 292 g/mol. The first-order valence-corrected chi connectivity index (χ1v) is 6.19. The Morgan fingerprint density at radius 1 is 1.06 bits per heavy atom. The molecule has 0 radical (unpaired) electrons. The Labute approximate surface area is 109 Å². The molecule has 2 nitrogen and oxygen atoms in total. The number of halogens is 1. The molecule has 0 heterocycles. The van der Waals surface area contributed by atoms with E-state index in [2.05, 4.69) is 28.1 Å². The van der Waals surface area contributed by atoms with Gasteiger partial charge in [-0.05, 0) is 42.0 Å². The molecule has 17 heavy (non-hydrogen) atoms. The van der Waals surface area contributed by atoms with E-state index in [1.807, 2.05) is 12.1 Å². The molecule has 0 aromatic heterocycles. The number of phenols is 1. The minimum absolute atomic E-state index is 0.254. The summed E-state index contributed by atoms with van der Waals surface area (Å²) in [7, 11) is 0. The Bertz CT molecular complexity index is 480. The van der Waals surface area contributed by atoms with Crippen molar-refractivity contribution in [2.75, 3.05) is 6.61 Å². The van der Waals surface area contributed by atoms with Gasteiger partial charge in [0.05, 0.1) is 6.61 Å². The first-order valence-electron chi connectivity index (χ1n) is 5.40. The van der Waals surface area contributed by atoms with Crippen molar-refractivity contribution in [2.24, 2.45) is 0 Å². The average molecular weight is 293 g/mol. The van der Waals surface area contributed by atoms with E-state index in [0.29, 0.717) is 6.61 Å². The number of rotatable bonds is 4. The third kappa shape index (κ3) is 3.79. The highest BCUT2D eigenvalue weighted by molar-refractivity contribution is 9.10. The highest BCUT2D eigenvalue weighted by Gasteiger charge is 1.97. The Morgan fingerprint density at radius 3 is 2.53 bits per heavy atom. The Hall–Kier alpha value is -1.48. The van der Waals surface area contributed by atoms with Crippen molar-refractivity contribution >= 4 is 15.9 Å². The van der Waals surface area contributed by atoms with Crippen LogP contribution >= 0.6 is 15.9 Å². The summed E-state index contributed by atoms with van der Waals surface area (Å²) in [5, 5.41) is 9.13. The van der Waals surface area contributed by atoms with E-state index in [-0.39, 0.29) is 5.75 Å². The molecule has 1 N–H and O–H groups in total. The number of ether oxygens (including phenoxy) is 1. The van der Waals surface area contributed by atoms with E-state index in [4.69, 9.17) is 9.84 Å². The van der Waals surface area contributed by atoms with Crippen molar-refractivity contribution in [3.05, 3.63) is 58.6 Å². The zero-order chi connectivity index (χ0) is 12.1. The first kappa shape index (κ1) is 12.0. The SMILES string of the molecule is Oc1ccc(OCCc2cccc(Br)c2)cc1. The van der Waals surface area contributed by atoms with Gasteiger partial charge < -0.3 is 9.84 Å². The van der Waals surface area contributed by atoms with Gasteiger partial charge in [0.2, 0.25) is 0 Å². The fourth-order valence-corrected chi connectivity index (χ4v) is 1.97. The van der Waals surface area contributed by atoms with Crippen LogP contribution in [-0.4, -0.2) is 11.7 Å². The number of phenolic OH excluding ortho intramolecular Hbond substituents is 1. The van der Waals surface area contributed by atoms with Crippen molar-refractivity contribution in [2.45, 2.75) is 6.42 Å². The number of aromatic hydroxyl groups is 1. The van der Waals surface area contributed by atoms with Crippen LogP contribution in [0.3, 0.4) is 0 Å². The molecular weight excluding hydrogens is 280 g/mol. The lowest BCUT2D eigenvalue weighted by atomic mass is 10.2. The predicted octanol–water partition coefficient (Wildman–Crippen LogP) is 3.78. The maximum atomic E-state index is 9.13. The fraction of sp³-hybridized carbons (Fsp3) is 0.143. The molecule has 0 fully saturated rings. The summed E-state index contributed by atoms with van der Waals surface area (Å²) in [6, 6.07) is 14.9. The van der Waals surface area contributed by atoms with Crippen LogP contribution in [0.2, 0.25) is 0 Å². The highest BCUT2D eigenvalue weighted by Crippen LogP contribution is 2.17. The standard InChI is InChI=1S/C14H13BrO2/c15-12-3-1-2-11(10-12)8-9-17-14-6-4-13(16)5-7-14/h1-7,10,16H,8-9H2. The molecule has 0 aliphatic carbocycles. The minimum Gasteiger partial charge on any atom is -0.508 e. The molecule has 2 rings (SSSR count). The topological polar surface area (TPSA) is 29.5 Å². The molecule has 2 aromatic carbocycles. The van der Waals surface area contributed by atoms with Gasteiger partial charge >= 0.3 is 0 Å². The third-order valence-corrected chi connectivity index (χ3v) is 2.88. The van der Waals surface area contributed by atoms with Crippen LogP contribution < -0.4 is 4.74 Å². The first-order chi connectivity index (χ1) is 8.24. The molecule has 0 unspecified atom stereocenters. The molecule has 0 spiro atoms. The van der Waals surface area contributed by atoms with Crippen LogP contribution in [0.25, 0.3) is 0 Å². The molecule has 3 heteroatoms. The second-order valence-corrected chi connectivity index (χ2v) is 4.64. The summed E-state index contributed by atoms with van der Waals surface area (Å²) in [5.74, 6) is 1.03. The molecular formula is C14H13BrO2. The zero-order valence-electron chi connectivity index (χ0n) is 9.27. The van der Waals surface area contributed by atoms with Crippen molar-refractivity contribution in [1.29, 1.82) is 0 Å². The highest BCUT2D eigenvalue weighted by atomic mass is 79.9. The molecule has 0 atom stereocenters. The molecule has 0 amide bonds. The second-order valence-electron chi connectivity index (χ2n) is 3.72. The summed E-state index contributed by atoms with van der Waals surface area (Å²) in [6.45, 7) is 0.626. The molecule has 2 aromatic rings. The summed E-state index contributed by atoms with van der Waals surface area (Å²) in [5.41, 5.74) is 1.23. The van der Waals surface area contributed by atoms with E-state index in [9.17, 15) is 0 Å². The quantitative estimate of drug-likeness (QED) is 0.929. The van der Waals surface area contributed by atoms with Gasteiger partial charge in [-0.15, -0.1) is 0 Å². The van der Waals surface area contributed by atoms with Gasteiger partial charge in [-0.25, -0.2) is 0 Å². The smallest absolute Gasteiger partial charge is 0.119 e. The van der Waals surface area contributed by atoms with Crippen molar-refractivity contribution in [3.63, 3.8) is 0 Å². The van der Waals surface area contributed by atoms with Gasteiger partial charge in [-0.2, -0.15) is 0 Å². The molecule has 0 saturated carbocycles. The second kappa shape index (κ2) is 5.73. The molecule has 0 bridgehead atoms. The number of hydrogen-bond acceptors (Lipinski definition) is 2. The minimum atomic E-state index is 0.254. The Morgan fingerprint density at radius 2 is 1.82 bits per heavy atom. The summed E-state index contributed by atoms with van der Waals surface area (Å²) >= 11 is 3.44. The summed E-state index contributed by atoms with van der Waals surface area (Å²) < 4.78 is 6.66. The fourth-order valence-electron chi connectivity index (χ4n) is 1.52. The van der Waals surface area contributed by atoms with Crippen molar-refractivity contribution < 1.29 is 9.84 Å². The lowest BCUT2D eigenvalue weighted by Gasteiger charge is -2.06. The maximum Gasteiger partial charge on any atom is 0.119 e. The van der Waals surface area contributed by atoms with E-state index in [1.165, 1.54) is 5.56 Å². The third-order valence-electron chi connectivity index (χ3n) is 2.39. The van der Waals surface area contributed by atoms with Gasteiger partial charge in [0.1, 0.15) is 11.5 Å². The van der Waals surface area contributed by atoms with Gasteiger partial charge in [0, 0.05) is 10.9 Å². The Kier molecular flexibility index (Phi) is 4.04. The lowest BCUT2D eigenvalue weighted by Crippen LogP contribution is -2.01. The van der Waals surface area contributed by atoms with Crippen molar-refractivity contribution in [1.82, 2.24) is 0 Å². The van der Waals surface area contributed by atoms with Crippen LogP contribution in [0.4, 0.5) is 0 Å². The van der Waals surface area contributed by atoms with Crippen LogP contribution in [-0.2, 0) is 6.42 Å². The normalized spacial score (nSPS) is 10.2. The zero-order valence-corrected chi connectivity index (χ0v) is 10.9. The van der Waals surface area contributed by atoms with Gasteiger partial charge in [0.15, 0.2) is 0 Å². The summed E-state index contributed by atoms with van der Waals surface area (Å²) in [6.07, 6.45) is 0.861. The van der Waals surface area contributed by atoms with E-state index in [0.717, 1.165) is 16.6 Å². The molecule has 0 aliphatic heterocycles. The van der Waals surface area contributed by atoms with Crippen LogP contribution in [0.1, 0.15) is 5.56 Å². The number of hydrogen-bond donors (Lipinski definition) is 1. The van der Waals surface area contributed by atoms with Crippen LogP contribution in [0.15, 0.2) is 53.0 Å². The summed E-state index contributed by atoms with van der Waals surface area (Å²) in [4.78, 5) is 0. The number of benzene rings is 2. The maximum absolute atomic E-state index is 9.13. The largest absolute Gasteiger partial charge is 0.508 e. The molecule has 88 valence electrons. The van der Waals surface area contributed by atoms with Crippen LogP contribution in [0, 0.1) is 0 Å². The van der Waals surface area contributed by atoms with E-state index < -0.39 is 0 Å². The van der Waals surface area contributed by atoms with Gasteiger partial charge in [0.25, 0.3) is 0 Å². The van der Waals surface area contributed by atoms with Crippen molar-refractivity contribution in [3.8, 4) is 11.5 Å². The lowest BCUT2D eigenvalue weighted by molar-refractivity contribution is 0.321. The molecule has 0 aliphatic rings. The van der Waals surface area contributed by atoms with Crippen LogP contribution in [0.5, 0.6) is 11.5 Å². The molecule has 0 saturated heterocycles. The van der Waals surface area contributed by atoms with E-state index >= 15 is 0 Å².